The average molecular weight is 399 g/mol. The number of benzene rings is 1. The standard InChI is InChI=1S/C17H20Cl2N4O3/c1-11(22-6-3-7-23(9-8-22)17(24)25-2)15-20-21-16(26-15)13-5-4-12(18)10-14(13)19/h4-5,10-11H,3,6-9H2,1-2H3. The number of ether oxygens (including phenoxy) is 1. The van der Waals surface area contributed by atoms with Crippen LogP contribution in [0.5, 0.6) is 0 Å². The van der Waals surface area contributed by atoms with Crippen molar-refractivity contribution in [2.75, 3.05) is 33.3 Å². The predicted octanol–water partition coefficient (Wildman–Crippen LogP) is 3.88. The number of aromatic nitrogens is 2. The fourth-order valence-corrected chi connectivity index (χ4v) is 3.46. The number of halogens is 2. The van der Waals surface area contributed by atoms with Crippen LogP contribution in [0.25, 0.3) is 11.5 Å². The molecule has 0 aliphatic carbocycles. The van der Waals surface area contributed by atoms with Crippen molar-refractivity contribution in [1.82, 2.24) is 20.0 Å². The van der Waals surface area contributed by atoms with Gasteiger partial charge in [-0.15, -0.1) is 10.2 Å². The Labute approximate surface area is 161 Å². The summed E-state index contributed by atoms with van der Waals surface area (Å²) >= 11 is 12.1. The molecule has 0 radical (unpaired) electrons. The van der Waals surface area contributed by atoms with Crippen molar-refractivity contribution in [2.45, 2.75) is 19.4 Å². The maximum atomic E-state index is 11.7. The number of carbonyl (C=O) groups excluding carboxylic acids is 1. The van der Waals surface area contributed by atoms with E-state index in [-0.39, 0.29) is 12.1 Å². The highest BCUT2D eigenvalue weighted by Crippen LogP contribution is 2.31. The topological polar surface area (TPSA) is 71.7 Å². The van der Waals surface area contributed by atoms with Crippen LogP contribution in [0, 0.1) is 0 Å². The fraction of sp³-hybridized carbons (Fsp3) is 0.471. The molecule has 1 aromatic carbocycles. The van der Waals surface area contributed by atoms with Crippen LogP contribution < -0.4 is 0 Å². The molecule has 1 aliphatic heterocycles. The van der Waals surface area contributed by atoms with E-state index >= 15 is 0 Å². The van der Waals surface area contributed by atoms with Crippen molar-refractivity contribution in [3.63, 3.8) is 0 Å². The second kappa shape index (κ2) is 8.24. The van der Waals surface area contributed by atoms with Crippen LogP contribution in [0.4, 0.5) is 4.79 Å². The van der Waals surface area contributed by atoms with Gasteiger partial charge in [-0.3, -0.25) is 4.90 Å². The molecule has 1 unspecified atom stereocenters. The molecule has 0 spiro atoms. The summed E-state index contributed by atoms with van der Waals surface area (Å²) in [7, 11) is 1.40. The zero-order chi connectivity index (χ0) is 18.7. The first-order valence-electron chi connectivity index (χ1n) is 8.35. The second-order valence-electron chi connectivity index (χ2n) is 6.09. The van der Waals surface area contributed by atoms with Crippen LogP contribution in [0.2, 0.25) is 10.0 Å². The Morgan fingerprint density at radius 2 is 2.04 bits per heavy atom. The van der Waals surface area contributed by atoms with Crippen molar-refractivity contribution >= 4 is 29.3 Å². The Bertz CT molecular complexity index is 783. The lowest BCUT2D eigenvalue weighted by molar-refractivity contribution is 0.122. The van der Waals surface area contributed by atoms with Crippen molar-refractivity contribution in [3.8, 4) is 11.5 Å². The molecule has 1 atom stereocenters. The molecule has 9 heteroatoms. The van der Waals surface area contributed by atoms with Gasteiger partial charge in [0.05, 0.1) is 23.7 Å². The molecule has 1 aromatic heterocycles. The van der Waals surface area contributed by atoms with Crippen LogP contribution in [-0.4, -0.2) is 59.4 Å². The summed E-state index contributed by atoms with van der Waals surface area (Å²) in [5.41, 5.74) is 0.648. The van der Waals surface area contributed by atoms with Gasteiger partial charge in [-0.25, -0.2) is 4.79 Å². The molecule has 2 heterocycles. The molecule has 3 rings (SSSR count). The molecular formula is C17H20Cl2N4O3. The number of hydrogen-bond donors (Lipinski definition) is 0. The first-order chi connectivity index (χ1) is 12.5. The maximum absolute atomic E-state index is 11.7. The lowest BCUT2D eigenvalue weighted by Gasteiger charge is -2.25. The van der Waals surface area contributed by atoms with E-state index in [1.807, 2.05) is 6.92 Å². The molecule has 2 aromatic rings. The molecule has 140 valence electrons. The largest absolute Gasteiger partial charge is 0.453 e. The van der Waals surface area contributed by atoms with Crippen molar-refractivity contribution < 1.29 is 13.9 Å². The van der Waals surface area contributed by atoms with Crippen molar-refractivity contribution in [1.29, 1.82) is 0 Å². The summed E-state index contributed by atoms with van der Waals surface area (Å²) in [5.74, 6) is 0.872. The van der Waals surface area contributed by atoms with Gasteiger partial charge in [0.25, 0.3) is 0 Å². The molecule has 0 bridgehead atoms. The minimum absolute atomic E-state index is 0.0695. The Kier molecular flexibility index (Phi) is 6.01. The highest BCUT2D eigenvalue weighted by molar-refractivity contribution is 6.36. The highest BCUT2D eigenvalue weighted by Gasteiger charge is 2.26. The lowest BCUT2D eigenvalue weighted by atomic mass is 10.2. The quantitative estimate of drug-likeness (QED) is 0.780. The van der Waals surface area contributed by atoms with E-state index in [1.165, 1.54) is 7.11 Å². The van der Waals surface area contributed by atoms with Gasteiger partial charge in [-0.1, -0.05) is 23.2 Å². The number of rotatable bonds is 3. The fourth-order valence-electron chi connectivity index (χ4n) is 2.97. The first-order valence-corrected chi connectivity index (χ1v) is 9.11. The second-order valence-corrected chi connectivity index (χ2v) is 6.94. The van der Waals surface area contributed by atoms with Crippen LogP contribution >= 0.6 is 23.2 Å². The Morgan fingerprint density at radius 1 is 1.23 bits per heavy atom. The van der Waals surface area contributed by atoms with Crippen molar-refractivity contribution in [2.24, 2.45) is 0 Å². The summed E-state index contributed by atoms with van der Waals surface area (Å²) < 4.78 is 10.6. The number of hydrogen-bond acceptors (Lipinski definition) is 6. The van der Waals surface area contributed by atoms with Crippen molar-refractivity contribution in [3.05, 3.63) is 34.1 Å². The normalized spacial score (nSPS) is 17.0. The zero-order valence-electron chi connectivity index (χ0n) is 14.6. The molecule has 0 saturated carbocycles. The van der Waals surface area contributed by atoms with E-state index in [1.54, 1.807) is 23.1 Å². The summed E-state index contributed by atoms with van der Waals surface area (Å²) in [6.07, 6.45) is 0.556. The smallest absolute Gasteiger partial charge is 0.409 e. The first kappa shape index (κ1) is 18.9. The number of methoxy groups -OCH3 is 1. The van der Waals surface area contributed by atoms with E-state index in [9.17, 15) is 4.79 Å². The van der Waals surface area contributed by atoms with Gasteiger partial charge >= 0.3 is 6.09 Å². The van der Waals surface area contributed by atoms with Gasteiger partial charge < -0.3 is 14.1 Å². The van der Waals surface area contributed by atoms with E-state index < -0.39 is 0 Å². The molecule has 1 saturated heterocycles. The highest BCUT2D eigenvalue weighted by atomic mass is 35.5. The monoisotopic (exact) mass is 398 g/mol. The van der Waals surface area contributed by atoms with E-state index in [0.29, 0.717) is 47.0 Å². The molecule has 26 heavy (non-hydrogen) atoms. The predicted molar refractivity (Wildman–Crippen MR) is 98.3 cm³/mol. The van der Waals surface area contributed by atoms with Gasteiger partial charge in [0.15, 0.2) is 0 Å². The summed E-state index contributed by atoms with van der Waals surface area (Å²) in [5, 5.41) is 9.30. The summed E-state index contributed by atoms with van der Waals surface area (Å²) in [6, 6.07) is 5.06. The lowest BCUT2D eigenvalue weighted by Crippen LogP contribution is -2.35. The molecule has 7 nitrogen and oxygen atoms in total. The van der Waals surface area contributed by atoms with Gasteiger partial charge in [0, 0.05) is 31.2 Å². The third-order valence-corrected chi connectivity index (χ3v) is 5.02. The SMILES string of the molecule is COC(=O)N1CCCN(C(C)c2nnc(-c3ccc(Cl)cc3Cl)o2)CC1. The van der Waals surface area contributed by atoms with Gasteiger partial charge in [-0.05, 0) is 31.5 Å². The minimum Gasteiger partial charge on any atom is -0.453 e. The summed E-state index contributed by atoms with van der Waals surface area (Å²) in [6.45, 7) is 4.81. The van der Waals surface area contributed by atoms with E-state index in [0.717, 1.165) is 13.0 Å². The minimum atomic E-state index is -0.294. The van der Waals surface area contributed by atoms with Crippen LogP contribution in [-0.2, 0) is 4.74 Å². The number of carbonyl (C=O) groups is 1. The van der Waals surface area contributed by atoms with Gasteiger partial charge in [0.1, 0.15) is 0 Å². The molecule has 1 amide bonds. The Balaban J connectivity index is 1.71. The third-order valence-electron chi connectivity index (χ3n) is 4.47. The molecule has 0 N–H and O–H groups in total. The van der Waals surface area contributed by atoms with Crippen LogP contribution in [0.1, 0.15) is 25.3 Å². The number of amides is 1. The number of nitrogens with zero attached hydrogens (tertiary/aromatic N) is 4. The molecule has 1 aliphatic rings. The Hall–Kier alpha value is -1.83. The molecular weight excluding hydrogens is 379 g/mol. The van der Waals surface area contributed by atoms with Crippen LogP contribution in [0.15, 0.2) is 22.6 Å². The van der Waals surface area contributed by atoms with Gasteiger partial charge in [0.2, 0.25) is 11.8 Å². The van der Waals surface area contributed by atoms with Gasteiger partial charge in [-0.2, -0.15) is 0 Å². The van der Waals surface area contributed by atoms with Crippen LogP contribution in [0.3, 0.4) is 0 Å². The Morgan fingerprint density at radius 3 is 2.77 bits per heavy atom. The summed E-state index contributed by atoms with van der Waals surface area (Å²) in [4.78, 5) is 15.6. The third kappa shape index (κ3) is 4.11. The molecule has 1 fully saturated rings. The average Bonchev–Trinajstić information content (AvgIpc) is 2.97. The van der Waals surface area contributed by atoms with E-state index in [2.05, 4.69) is 15.1 Å². The maximum Gasteiger partial charge on any atom is 0.409 e. The zero-order valence-corrected chi connectivity index (χ0v) is 16.1. The van der Waals surface area contributed by atoms with E-state index in [4.69, 9.17) is 32.4 Å².